The highest BCUT2D eigenvalue weighted by Gasteiger charge is 2.33. The Kier molecular flexibility index (Phi) is 10.3. The number of hydrogen-bond donors (Lipinski definition) is 1. The van der Waals surface area contributed by atoms with Crippen molar-refractivity contribution < 1.29 is 18.0 Å². The van der Waals surface area contributed by atoms with Crippen LogP contribution in [0.3, 0.4) is 0 Å². The van der Waals surface area contributed by atoms with Gasteiger partial charge in [-0.05, 0) is 75.9 Å². The van der Waals surface area contributed by atoms with Crippen molar-refractivity contribution in [1.29, 1.82) is 0 Å². The Labute approximate surface area is 254 Å². The van der Waals surface area contributed by atoms with Gasteiger partial charge in [0, 0.05) is 17.6 Å². The SMILES string of the molecule is Cc1ccc(S(=O)(=O)N(CC(=O)N(Cc2cccc(C)c2)[C@@H](C)C(=O)NC2CCCCC2)c2ccc(C)c(Cl)c2)cc1. The number of amides is 2. The summed E-state index contributed by atoms with van der Waals surface area (Å²) in [7, 11) is -4.15. The first-order chi connectivity index (χ1) is 20.0. The second kappa shape index (κ2) is 13.7. The fourth-order valence-corrected chi connectivity index (χ4v) is 6.84. The molecule has 7 nitrogen and oxygen atoms in total. The van der Waals surface area contributed by atoms with E-state index in [-0.39, 0.29) is 29.1 Å². The number of halogens is 1. The van der Waals surface area contributed by atoms with E-state index in [1.54, 1.807) is 37.3 Å². The van der Waals surface area contributed by atoms with Crippen molar-refractivity contribution in [3.63, 3.8) is 0 Å². The highest BCUT2D eigenvalue weighted by molar-refractivity contribution is 7.92. The minimum absolute atomic E-state index is 0.0610. The van der Waals surface area contributed by atoms with Gasteiger partial charge in [-0.15, -0.1) is 0 Å². The predicted octanol–water partition coefficient (Wildman–Crippen LogP) is 6.33. The Bertz CT molecular complexity index is 1520. The molecule has 0 spiro atoms. The minimum Gasteiger partial charge on any atom is -0.352 e. The van der Waals surface area contributed by atoms with Crippen LogP contribution in [0.25, 0.3) is 0 Å². The maximum Gasteiger partial charge on any atom is 0.264 e. The number of aryl methyl sites for hydroxylation is 3. The topological polar surface area (TPSA) is 86.8 Å². The average Bonchev–Trinajstić information content (AvgIpc) is 2.96. The molecule has 2 amide bonds. The van der Waals surface area contributed by atoms with Crippen LogP contribution in [-0.2, 0) is 26.2 Å². The highest BCUT2D eigenvalue weighted by Crippen LogP contribution is 2.29. The number of rotatable bonds is 10. The molecule has 0 aromatic heterocycles. The first kappa shape index (κ1) is 31.6. The molecule has 1 aliphatic carbocycles. The first-order valence-electron chi connectivity index (χ1n) is 14.5. The predicted molar refractivity (Wildman–Crippen MR) is 168 cm³/mol. The molecule has 0 heterocycles. The number of anilines is 1. The third kappa shape index (κ3) is 7.72. The molecule has 3 aromatic rings. The van der Waals surface area contributed by atoms with Crippen LogP contribution in [0.5, 0.6) is 0 Å². The fraction of sp³-hybridized carbons (Fsp3) is 0.394. The van der Waals surface area contributed by atoms with Gasteiger partial charge in [-0.3, -0.25) is 13.9 Å². The van der Waals surface area contributed by atoms with E-state index in [1.165, 1.54) is 17.0 Å². The van der Waals surface area contributed by atoms with Gasteiger partial charge >= 0.3 is 0 Å². The monoisotopic (exact) mass is 609 g/mol. The van der Waals surface area contributed by atoms with Gasteiger partial charge < -0.3 is 10.2 Å². The highest BCUT2D eigenvalue weighted by atomic mass is 35.5. The second-order valence-corrected chi connectivity index (χ2v) is 13.6. The summed E-state index contributed by atoms with van der Waals surface area (Å²) in [5, 5.41) is 3.52. The molecule has 1 N–H and O–H groups in total. The van der Waals surface area contributed by atoms with E-state index in [1.807, 2.05) is 45.0 Å². The van der Waals surface area contributed by atoms with Crippen molar-refractivity contribution >= 4 is 39.1 Å². The molecule has 4 rings (SSSR count). The lowest BCUT2D eigenvalue weighted by Crippen LogP contribution is -2.53. The molecule has 1 atom stereocenters. The van der Waals surface area contributed by atoms with Gasteiger partial charge in [0.25, 0.3) is 10.0 Å². The number of hydrogen-bond acceptors (Lipinski definition) is 4. The molecular formula is C33H40ClN3O4S. The molecule has 0 radical (unpaired) electrons. The second-order valence-electron chi connectivity index (χ2n) is 11.3. The Morgan fingerprint density at radius 3 is 2.26 bits per heavy atom. The van der Waals surface area contributed by atoms with Crippen molar-refractivity contribution in [3.8, 4) is 0 Å². The van der Waals surface area contributed by atoms with Crippen molar-refractivity contribution in [1.82, 2.24) is 10.2 Å². The maximum atomic E-state index is 14.1. The van der Waals surface area contributed by atoms with Crippen LogP contribution in [0.1, 0.15) is 61.3 Å². The van der Waals surface area contributed by atoms with Gasteiger partial charge in [0.1, 0.15) is 12.6 Å². The lowest BCUT2D eigenvalue weighted by atomic mass is 9.95. The van der Waals surface area contributed by atoms with Gasteiger partial charge in [-0.25, -0.2) is 8.42 Å². The normalized spacial score (nSPS) is 14.7. The summed E-state index contributed by atoms with van der Waals surface area (Å²) in [6.45, 7) is 7.03. The minimum atomic E-state index is -4.15. The molecule has 0 unspecified atom stereocenters. The number of nitrogens with one attached hydrogen (secondary N) is 1. The quantitative estimate of drug-likeness (QED) is 0.291. The lowest BCUT2D eigenvalue weighted by Gasteiger charge is -2.33. The van der Waals surface area contributed by atoms with Crippen LogP contribution < -0.4 is 9.62 Å². The molecule has 42 heavy (non-hydrogen) atoms. The van der Waals surface area contributed by atoms with Gasteiger partial charge in [-0.2, -0.15) is 0 Å². The number of carbonyl (C=O) groups excluding carboxylic acids is 2. The van der Waals surface area contributed by atoms with E-state index < -0.39 is 28.5 Å². The zero-order valence-corrected chi connectivity index (χ0v) is 26.3. The molecule has 0 bridgehead atoms. The largest absolute Gasteiger partial charge is 0.352 e. The Hall–Kier alpha value is -3.36. The molecule has 1 saturated carbocycles. The van der Waals surface area contributed by atoms with Crippen LogP contribution in [0.2, 0.25) is 5.02 Å². The molecule has 0 saturated heterocycles. The van der Waals surface area contributed by atoms with Crippen LogP contribution in [0.15, 0.2) is 71.6 Å². The summed E-state index contributed by atoms with van der Waals surface area (Å²) < 4.78 is 29.1. The molecular weight excluding hydrogens is 570 g/mol. The summed E-state index contributed by atoms with van der Waals surface area (Å²) in [6.07, 6.45) is 5.13. The zero-order valence-electron chi connectivity index (χ0n) is 24.8. The van der Waals surface area contributed by atoms with E-state index >= 15 is 0 Å². The van der Waals surface area contributed by atoms with Gasteiger partial charge in [0.2, 0.25) is 11.8 Å². The summed E-state index contributed by atoms with van der Waals surface area (Å²) in [6, 6.07) is 18.4. The summed E-state index contributed by atoms with van der Waals surface area (Å²) in [4.78, 5) is 29.1. The number of carbonyl (C=O) groups is 2. The van der Waals surface area contributed by atoms with Crippen LogP contribution in [-0.4, -0.2) is 43.8 Å². The molecule has 1 aliphatic rings. The third-order valence-electron chi connectivity index (χ3n) is 7.89. The number of nitrogens with zero attached hydrogens (tertiary/aromatic N) is 2. The lowest BCUT2D eigenvalue weighted by molar-refractivity contribution is -0.139. The smallest absolute Gasteiger partial charge is 0.264 e. The van der Waals surface area contributed by atoms with Crippen molar-refractivity contribution in [2.24, 2.45) is 0 Å². The molecule has 9 heteroatoms. The maximum absolute atomic E-state index is 14.1. The third-order valence-corrected chi connectivity index (χ3v) is 10.1. The Morgan fingerprint density at radius 1 is 0.929 bits per heavy atom. The van der Waals surface area contributed by atoms with Gasteiger partial charge in [0.05, 0.1) is 10.6 Å². The Morgan fingerprint density at radius 2 is 1.62 bits per heavy atom. The summed E-state index contributed by atoms with van der Waals surface area (Å²) in [5.41, 5.74) is 3.85. The van der Waals surface area contributed by atoms with Crippen LogP contribution >= 0.6 is 11.6 Å². The van der Waals surface area contributed by atoms with E-state index in [2.05, 4.69) is 5.32 Å². The average molecular weight is 610 g/mol. The van der Waals surface area contributed by atoms with Gasteiger partial charge in [0.15, 0.2) is 0 Å². The summed E-state index contributed by atoms with van der Waals surface area (Å²) in [5.74, 6) is -0.732. The van der Waals surface area contributed by atoms with E-state index in [0.717, 1.165) is 58.7 Å². The van der Waals surface area contributed by atoms with E-state index in [4.69, 9.17) is 11.6 Å². The Balaban J connectivity index is 1.69. The molecule has 224 valence electrons. The molecule has 1 fully saturated rings. The number of benzene rings is 3. The standard InChI is InChI=1S/C33H40ClN3O4S/c1-23-13-17-30(18-14-23)42(40,41)37(29-16-15-25(3)31(34)20-29)22-32(38)36(21-27-10-8-9-24(2)19-27)26(4)33(39)35-28-11-6-5-7-12-28/h8-10,13-20,26,28H,5-7,11-12,21-22H2,1-4H3,(H,35,39)/t26-/m0/s1. The molecule has 3 aromatic carbocycles. The fourth-order valence-electron chi connectivity index (χ4n) is 5.26. The van der Waals surface area contributed by atoms with Crippen LogP contribution in [0.4, 0.5) is 5.69 Å². The summed E-state index contributed by atoms with van der Waals surface area (Å²) >= 11 is 6.41. The zero-order chi connectivity index (χ0) is 30.4. The van der Waals surface area contributed by atoms with Gasteiger partial charge in [-0.1, -0.05) is 84.5 Å². The molecule has 0 aliphatic heterocycles. The van der Waals surface area contributed by atoms with Crippen molar-refractivity contribution in [2.45, 2.75) is 83.3 Å². The van der Waals surface area contributed by atoms with Crippen molar-refractivity contribution in [3.05, 3.63) is 94.0 Å². The van der Waals surface area contributed by atoms with Crippen LogP contribution in [0, 0.1) is 20.8 Å². The van der Waals surface area contributed by atoms with Crippen molar-refractivity contribution in [2.75, 3.05) is 10.8 Å². The number of sulfonamides is 1. The first-order valence-corrected chi connectivity index (χ1v) is 16.3. The van der Waals surface area contributed by atoms with E-state index in [9.17, 15) is 18.0 Å². The van der Waals surface area contributed by atoms with E-state index in [0.29, 0.717) is 5.02 Å².